The van der Waals surface area contributed by atoms with Crippen LogP contribution in [-0.4, -0.2) is 110 Å². The zero-order valence-corrected chi connectivity index (χ0v) is 27.1. The van der Waals surface area contributed by atoms with Gasteiger partial charge >= 0.3 is 42.2 Å². The van der Waals surface area contributed by atoms with Gasteiger partial charge in [-0.15, -0.1) is 17.9 Å². The summed E-state index contributed by atoms with van der Waals surface area (Å²) in [6.07, 6.45) is -8.89. The van der Waals surface area contributed by atoms with Gasteiger partial charge in [-0.1, -0.05) is 6.08 Å². The minimum atomic E-state index is -5.08. The van der Waals surface area contributed by atoms with E-state index in [2.05, 4.69) is 6.58 Å². The lowest BCUT2D eigenvalue weighted by molar-refractivity contribution is -0.193. The van der Waals surface area contributed by atoms with Gasteiger partial charge in [0.25, 0.3) is 0 Å². The number of halogens is 7. The highest BCUT2D eigenvalue weighted by Gasteiger charge is 2.39. The predicted octanol–water partition coefficient (Wildman–Crippen LogP) is 3.35. The highest BCUT2D eigenvalue weighted by molar-refractivity contribution is 7.14. The molecule has 52 heavy (non-hydrogen) atoms. The Balaban J connectivity index is 0.000000812. The van der Waals surface area contributed by atoms with E-state index in [1.165, 1.54) is 18.2 Å². The van der Waals surface area contributed by atoms with Gasteiger partial charge in [-0.3, -0.25) is 19.9 Å². The molecule has 23 heteroatoms. The van der Waals surface area contributed by atoms with E-state index in [-0.39, 0.29) is 41.5 Å². The molecule has 1 atom stereocenters. The third-order valence-corrected chi connectivity index (χ3v) is 7.53. The van der Waals surface area contributed by atoms with Gasteiger partial charge in [-0.05, 0) is 42.7 Å². The molecule has 2 aromatic rings. The fourth-order valence-corrected chi connectivity index (χ4v) is 5.14. The zero-order valence-electron chi connectivity index (χ0n) is 26.3. The first-order valence-electron chi connectivity index (χ1n) is 14.0. The van der Waals surface area contributed by atoms with Crippen molar-refractivity contribution < 1.29 is 84.7 Å². The molecule has 0 saturated heterocycles. The first kappa shape index (κ1) is 44.4. The number of alkyl halides is 6. The van der Waals surface area contributed by atoms with Gasteiger partial charge in [-0.25, -0.2) is 23.6 Å². The quantitative estimate of drug-likeness (QED) is 0.0453. The number of nitrogens with zero attached hydrogens (tertiary/aromatic N) is 2. The van der Waals surface area contributed by atoms with Crippen LogP contribution >= 0.6 is 11.3 Å². The number of aliphatic carboxylic acids is 4. The van der Waals surface area contributed by atoms with Gasteiger partial charge in [0, 0.05) is 36.5 Å². The van der Waals surface area contributed by atoms with Crippen molar-refractivity contribution in [2.45, 2.75) is 44.2 Å². The number of carbonyl (C=O) groups is 6. The number of nitrogens with two attached hydrogens (primary N) is 1. The number of carboxylic acids is 4. The second kappa shape index (κ2) is 19.1. The largest absolute Gasteiger partial charge is 0.490 e. The van der Waals surface area contributed by atoms with Crippen LogP contribution in [0.2, 0.25) is 0 Å². The molecular weight excluding hydrogens is 745 g/mol. The summed E-state index contributed by atoms with van der Waals surface area (Å²) in [6.45, 7) is 4.22. The molecule has 0 spiro atoms. The molecule has 7 N–H and O–H groups in total. The zero-order chi connectivity index (χ0) is 40.1. The van der Waals surface area contributed by atoms with E-state index >= 15 is 0 Å². The Hall–Kier alpha value is -5.58. The van der Waals surface area contributed by atoms with Gasteiger partial charge < -0.3 is 35.8 Å². The van der Waals surface area contributed by atoms with Crippen LogP contribution in [0, 0.1) is 11.2 Å². The summed E-state index contributed by atoms with van der Waals surface area (Å²) in [5.41, 5.74) is 6.39. The van der Waals surface area contributed by atoms with E-state index < -0.39 is 66.4 Å². The number of carbonyl (C=O) groups excluding carboxylic acids is 2. The number of amidine groups is 1. The third kappa shape index (κ3) is 14.3. The number of esters is 1. The number of nitrogens with one attached hydrogen (secondary N) is 1. The molecule has 1 amide bonds. The van der Waals surface area contributed by atoms with Crippen molar-refractivity contribution in [3.05, 3.63) is 63.6 Å². The number of fused-ring (bicyclic) bond motifs is 1. The van der Waals surface area contributed by atoms with Crippen molar-refractivity contribution in [1.29, 1.82) is 5.41 Å². The van der Waals surface area contributed by atoms with Gasteiger partial charge in [-0.2, -0.15) is 26.3 Å². The van der Waals surface area contributed by atoms with E-state index in [9.17, 15) is 55.0 Å². The van der Waals surface area contributed by atoms with Crippen molar-refractivity contribution in [2.75, 3.05) is 19.6 Å². The number of rotatable bonds is 12. The molecule has 1 aromatic heterocycles. The summed E-state index contributed by atoms with van der Waals surface area (Å²) >= 11 is 1.16. The molecule has 1 aliphatic heterocycles. The Bertz CT molecular complexity index is 1660. The predicted molar refractivity (Wildman–Crippen MR) is 163 cm³/mol. The Labute approximate surface area is 291 Å². The minimum absolute atomic E-state index is 0.0482. The smallest absolute Gasteiger partial charge is 0.481 e. The molecule has 0 aliphatic carbocycles. The molecule has 0 unspecified atom stereocenters. The summed E-state index contributed by atoms with van der Waals surface area (Å²) < 4.78 is 82.9. The van der Waals surface area contributed by atoms with Crippen LogP contribution in [0.3, 0.4) is 0 Å². The number of hydrogen-bond donors (Lipinski definition) is 6. The number of thiophene rings is 1. The van der Waals surface area contributed by atoms with Crippen molar-refractivity contribution >= 4 is 52.9 Å². The molecule has 1 aromatic carbocycles. The maximum atomic E-state index is 14.3. The third-order valence-electron chi connectivity index (χ3n) is 6.39. The molecule has 2 heterocycles. The van der Waals surface area contributed by atoms with Crippen LogP contribution < -0.4 is 10.5 Å². The van der Waals surface area contributed by atoms with Crippen molar-refractivity contribution in [1.82, 2.24) is 9.80 Å². The maximum absolute atomic E-state index is 14.3. The highest BCUT2D eigenvalue weighted by Crippen LogP contribution is 2.30. The van der Waals surface area contributed by atoms with Crippen molar-refractivity contribution in [3.8, 4) is 5.75 Å². The summed E-state index contributed by atoms with van der Waals surface area (Å²) in [5, 5.41) is 40.1. The molecule has 0 fully saturated rings. The Morgan fingerprint density at radius 2 is 1.58 bits per heavy atom. The molecule has 3 rings (SSSR count). The summed E-state index contributed by atoms with van der Waals surface area (Å²) in [5.74, 6) is -10.6. The number of carboxylic acid groups (broad SMARTS) is 4. The van der Waals surface area contributed by atoms with Crippen molar-refractivity contribution in [2.24, 2.45) is 5.73 Å². The normalized spacial score (nSPS) is 13.1. The molecule has 0 bridgehead atoms. The molecular formula is C29H29F7N4O11S. The number of nitrogen functional groups attached to an aromatic ring is 1. The molecule has 15 nitrogen and oxygen atoms in total. The Morgan fingerprint density at radius 3 is 2.02 bits per heavy atom. The highest BCUT2D eigenvalue weighted by atomic mass is 32.1. The summed E-state index contributed by atoms with van der Waals surface area (Å²) in [4.78, 5) is 70.1. The van der Waals surface area contributed by atoms with Crippen LogP contribution in [0.4, 0.5) is 30.7 Å². The molecule has 0 radical (unpaired) electrons. The lowest BCUT2D eigenvalue weighted by atomic mass is 10.1. The van der Waals surface area contributed by atoms with Crippen molar-refractivity contribution in [3.63, 3.8) is 0 Å². The first-order chi connectivity index (χ1) is 23.9. The number of amides is 1. The van der Waals surface area contributed by atoms with Crippen LogP contribution in [0.25, 0.3) is 0 Å². The minimum Gasteiger partial charge on any atom is -0.481 e. The van der Waals surface area contributed by atoms with Gasteiger partial charge in [0.2, 0.25) is 5.91 Å². The molecule has 286 valence electrons. The number of hydrogen-bond acceptors (Lipinski definition) is 10. The fraction of sp³-hybridized carbons (Fsp3) is 0.345. The maximum Gasteiger partial charge on any atom is 0.490 e. The van der Waals surface area contributed by atoms with E-state index in [1.54, 1.807) is 6.07 Å². The standard InChI is InChI=1S/C25H27FN4O7S.2C2HF3O2/c1-2-8-30(17(24(34)35)4-6-22(32)33)21(31)13-29-9-7-14-11-19(38-20(14)12-29)25(36)37-18-5-3-15(23(27)28)10-16(18)26;2*3-2(4,5)1(6)7/h2-3,5,10-11,17H,1,4,6-9,12-13H2,(H3,27,28)(H,32,33)(H,34,35);2*(H,6,7)/t17-;;/m0../s1. The average Bonchev–Trinajstić information content (AvgIpc) is 3.44. The molecule has 1 aliphatic rings. The lowest BCUT2D eigenvalue weighted by Gasteiger charge is -2.32. The van der Waals surface area contributed by atoms with Gasteiger partial charge in [0.15, 0.2) is 11.6 Å². The Morgan fingerprint density at radius 1 is 1.02 bits per heavy atom. The first-order valence-corrected chi connectivity index (χ1v) is 14.9. The fourth-order valence-electron chi connectivity index (χ4n) is 4.01. The number of ether oxygens (including phenoxy) is 1. The summed E-state index contributed by atoms with van der Waals surface area (Å²) in [7, 11) is 0. The van der Waals surface area contributed by atoms with E-state index in [4.69, 9.17) is 40.8 Å². The topological polar surface area (TPSA) is 249 Å². The van der Waals surface area contributed by atoms with Gasteiger partial charge in [0.05, 0.1) is 6.54 Å². The Kier molecular flexibility index (Phi) is 16.4. The summed E-state index contributed by atoms with van der Waals surface area (Å²) in [6, 6.07) is 3.96. The second-order valence-electron chi connectivity index (χ2n) is 10.2. The van der Waals surface area contributed by atoms with Crippen LogP contribution in [0.1, 0.15) is 38.5 Å². The van der Waals surface area contributed by atoms with Gasteiger partial charge in [0.1, 0.15) is 16.8 Å². The van der Waals surface area contributed by atoms with E-state index in [0.717, 1.165) is 32.7 Å². The van der Waals surface area contributed by atoms with Crippen LogP contribution in [0.15, 0.2) is 36.9 Å². The monoisotopic (exact) mass is 774 g/mol. The SMILES string of the molecule is C=CCN(C(=O)CN1CCc2cc(C(=O)Oc3ccc(C(=N)N)cc3F)sc2C1)[C@@H](CCC(=O)O)C(=O)O.O=C(O)C(F)(F)F.O=C(O)C(F)(F)F. The second-order valence-corrected chi connectivity index (χ2v) is 11.3. The van der Waals surface area contributed by atoms with E-state index in [1.807, 2.05) is 4.90 Å². The van der Waals surface area contributed by atoms with Crippen LogP contribution in [0.5, 0.6) is 5.75 Å². The number of benzene rings is 1. The van der Waals surface area contributed by atoms with Crippen LogP contribution in [-0.2, 0) is 36.9 Å². The molecule has 0 saturated carbocycles. The average molecular weight is 775 g/mol. The lowest BCUT2D eigenvalue weighted by Crippen LogP contribution is -2.49. The van der Waals surface area contributed by atoms with E-state index in [0.29, 0.717) is 19.5 Å².